The summed E-state index contributed by atoms with van der Waals surface area (Å²) in [4.78, 5) is 0. The summed E-state index contributed by atoms with van der Waals surface area (Å²) in [5.74, 6) is 0. The molecular formula is C42H25NS. The van der Waals surface area contributed by atoms with Crippen LogP contribution >= 0.6 is 11.3 Å². The molecule has 0 spiro atoms. The molecule has 8 aromatic carbocycles. The van der Waals surface area contributed by atoms with E-state index in [0.717, 1.165) is 0 Å². The Hall–Kier alpha value is -5.44. The van der Waals surface area contributed by atoms with Gasteiger partial charge in [-0.3, -0.25) is 0 Å². The Morgan fingerprint density at radius 1 is 0.386 bits per heavy atom. The average Bonchev–Trinajstić information content (AvgIpc) is 3.64. The van der Waals surface area contributed by atoms with Crippen molar-refractivity contribution < 1.29 is 0 Å². The minimum Gasteiger partial charge on any atom is -0.309 e. The number of thiophene rings is 1. The molecule has 0 amide bonds. The Morgan fingerprint density at radius 2 is 0.955 bits per heavy atom. The van der Waals surface area contributed by atoms with Crippen molar-refractivity contribution in [2.24, 2.45) is 0 Å². The molecule has 2 aromatic heterocycles. The summed E-state index contributed by atoms with van der Waals surface area (Å²) in [5.41, 5.74) is 6.22. The normalized spacial score (nSPS) is 12.1. The van der Waals surface area contributed by atoms with Crippen LogP contribution in [0, 0.1) is 0 Å². The molecule has 204 valence electrons. The first-order valence-corrected chi connectivity index (χ1v) is 15.9. The Balaban J connectivity index is 1.30. The zero-order chi connectivity index (χ0) is 28.8. The van der Waals surface area contributed by atoms with Gasteiger partial charge in [0.1, 0.15) is 0 Å². The first-order chi connectivity index (χ1) is 21.8. The smallest absolute Gasteiger partial charge is 0.0547 e. The van der Waals surface area contributed by atoms with E-state index in [9.17, 15) is 0 Å². The number of para-hydroxylation sites is 1. The summed E-state index contributed by atoms with van der Waals surface area (Å²) >= 11 is 1.89. The second kappa shape index (κ2) is 9.03. The third-order valence-electron chi connectivity index (χ3n) is 9.38. The van der Waals surface area contributed by atoms with Gasteiger partial charge in [-0.2, -0.15) is 0 Å². The van der Waals surface area contributed by atoms with E-state index in [1.54, 1.807) is 0 Å². The third-order valence-corrected chi connectivity index (χ3v) is 10.6. The number of fused-ring (bicyclic) bond motifs is 12. The van der Waals surface area contributed by atoms with Crippen LogP contribution in [0.3, 0.4) is 0 Å². The largest absolute Gasteiger partial charge is 0.309 e. The van der Waals surface area contributed by atoms with Crippen LogP contribution in [0.25, 0.3) is 91.1 Å². The van der Waals surface area contributed by atoms with Gasteiger partial charge in [0.15, 0.2) is 0 Å². The van der Waals surface area contributed by atoms with Crippen molar-refractivity contribution in [2.75, 3.05) is 0 Å². The maximum Gasteiger partial charge on any atom is 0.0547 e. The zero-order valence-electron chi connectivity index (χ0n) is 23.8. The van der Waals surface area contributed by atoms with Gasteiger partial charge in [-0.15, -0.1) is 11.3 Å². The van der Waals surface area contributed by atoms with Gasteiger partial charge in [-0.25, -0.2) is 0 Å². The molecule has 0 radical (unpaired) electrons. The van der Waals surface area contributed by atoms with Crippen LogP contribution in [-0.4, -0.2) is 4.57 Å². The van der Waals surface area contributed by atoms with E-state index < -0.39 is 0 Å². The highest BCUT2D eigenvalue weighted by molar-refractivity contribution is 7.26. The maximum absolute atomic E-state index is 2.48. The van der Waals surface area contributed by atoms with E-state index in [0.29, 0.717) is 0 Å². The molecular weight excluding hydrogens is 551 g/mol. The second-order valence-electron chi connectivity index (χ2n) is 11.7. The summed E-state index contributed by atoms with van der Waals surface area (Å²) in [5, 5.41) is 13.0. The van der Waals surface area contributed by atoms with Gasteiger partial charge in [0.2, 0.25) is 0 Å². The van der Waals surface area contributed by atoms with Crippen LogP contribution in [0.5, 0.6) is 0 Å². The standard InChI is InChI=1S/C42H25NS/c1-2-12-30-28(11-1)29-13-3-4-16-33(29)41-34(30)18-10-21-39(41)43-37-20-7-5-14-31(37)36-25-26(23-24-38(36)43)27-17-9-19-35-32-15-6-8-22-40(32)44-42(27)35/h1-25H. The Kier molecular flexibility index (Phi) is 4.94. The van der Waals surface area contributed by atoms with E-state index in [4.69, 9.17) is 0 Å². The summed E-state index contributed by atoms with van der Waals surface area (Å²) in [7, 11) is 0. The first kappa shape index (κ1) is 24.0. The van der Waals surface area contributed by atoms with E-state index >= 15 is 0 Å². The van der Waals surface area contributed by atoms with Gasteiger partial charge in [-0.05, 0) is 68.4 Å². The minimum absolute atomic E-state index is 1.22. The summed E-state index contributed by atoms with van der Waals surface area (Å²) in [6, 6.07) is 55.9. The molecule has 0 atom stereocenters. The minimum atomic E-state index is 1.22. The van der Waals surface area contributed by atoms with Crippen LogP contribution in [0.2, 0.25) is 0 Å². The summed E-state index contributed by atoms with van der Waals surface area (Å²) in [6.07, 6.45) is 0. The molecule has 2 heterocycles. The lowest BCUT2D eigenvalue weighted by Crippen LogP contribution is -1.96. The van der Waals surface area contributed by atoms with E-state index in [-0.39, 0.29) is 0 Å². The van der Waals surface area contributed by atoms with Gasteiger partial charge in [0, 0.05) is 36.3 Å². The molecule has 0 saturated carbocycles. The topological polar surface area (TPSA) is 4.93 Å². The van der Waals surface area contributed by atoms with Crippen molar-refractivity contribution >= 4 is 85.6 Å². The molecule has 44 heavy (non-hydrogen) atoms. The lowest BCUT2D eigenvalue weighted by molar-refractivity contribution is 1.20. The lowest BCUT2D eigenvalue weighted by atomic mass is 9.93. The van der Waals surface area contributed by atoms with Gasteiger partial charge in [0.25, 0.3) is 0 Å². The quantitative estimate of drug-likeness (QED) is 0.181. The van der Waals surface area contributed by atoms with Crippen molar-refractivity contribution in [3.05, 3.63) is 152 Å². The molecule has 0 unspecified atom stereocenters. The Labute approximate surface area is 257 Å². The van der Waals surface area contributed by atoms with Crippen molar-refractivity contribution in [3.8, 4) is 16.8 Å². The van der Waals surface area contributed by atoms with E-state index in [2.05, 4.69) is 156 Å². The second-order valence-corrected chi connectivity index (χ2v) is 12.7. The van der Waals surface area contributed by atoms with Gasteiger partial charge in [0.05, 0.1) is 16.7 Å². The predicted molar refractivity (Wildman–Crippen MR) is 192 cm³/mol. The Morgan fingerprint density at radius 3 is 1.75 bits per heavy atom. The molecule has 0 fully saturated rings. The van der Waals surface area contributed by atoms with Crippen molar-refractivity contribution in [1.29, 1.82) is 0 Å². The molecule has 0 saturated heterocycles. The number of hydrogen-bond donors (Lipinski definition) is 0. The summed E-state index contributed by atoms with van der Waals surface area (Å²) < 4.78 is 5.17. The third kappa shape index (κ3) is 3.23. The zero-order valence-corrected chi connectivity index (χ0v) is 24.6. The molecule has 10 aromatic rings. The van der Waals surface area contributed by atoms with Crippen LogP contribution in [0.15, 0.2) is 152 Å². The molecule has 10 rings (SSSR count). The highest BCUT2D eigenvalue weighted by Crippen LogP contribution is 2.44. The number of aromatic nitrogens is 1. The maximum atomic E-state index is 2.48. The first-order valence-electron chi connectivity index (χ1n) is 15.1. The highest BCUT2D eigenvalue weighted by atomic mass is 32.1. The van der Waals surface area contributed by atoms with Crippen LogP contribution in [0.1, 0.15) is 0 Å². The number of hydrogen-bond acceptors (Lipinski definition) is 1. The van der Waals surface area contributed by atoms with Gasteiger partial charge >= 0.3 is 0 Å². The molecule has 2 heteroatoms. The SMILES string of the molecule is c1ccc2c(c1)sc1c(-c3ccc4c(c3)c3ccccc3n4-c3cccc4c5ccccc5c5ccccc5c34)cccc12. The van der Waals surface area contributed by atoms with E-state index in [1.807, 2.05) is 11.3 Å². The predicted octanol–water partition coefficient (Wildman–Crippen LogP) is 12.3. The van der Waals surface area contributed by atoms with Gasteiger partial charge in [-0.1, -0.05) is 121 Å². The lowest BCUT2D eigenvalue weighted by Gasteiger charge is -2.16. The average molecular weight is 576 g/mol. The fourth-order valence-electron chi connectivity index (χ4n) is 7.50. The van der Waals surface area contributed by atoms with Gasteiger partial charge < -0.3 is 4.57 Å². The molecule has 0 aliphatic carbocycles. The Bertz CT molecular complexity index is 2730. The molecule has 0 N–H and O–H groups in total. The van der Waals surface area contributed by atoms with Crippen LogP contribution in [0.4, 0.5) is 0 Å². The number of rotatable bonds is 2. The number of benzene rings is 8. The molecule has 0 aliphatic heterocycles. The molecule has 0 aliphatic rings. The van der Waals surface area contributed by atoms with Crippen molar-refractivity contribution in [2.45, 2.75) is 0 Å². The fraction of sp³-hybridized carbons (Fsp3) is 0. The molecule has 0 bridgehead atoms. The monoisotopic (exact) mass is 575 g/mol. The van der Waals surface area contributed by atoms with Crippen LogP contribution in [-0.2, 0) is 0 Å². The van der Waals surface area contributed by atoms with Crippen molar-refractivity contribution in [1.82, 2.24) is 4.57 Å². The van der Waals surface area contributed by atoms with E-state index in [1.165, 1.54) is 91.1 Å². The number of nitrogens with zero attached hydrogens (tertiary/aromatic N) is 1. The summed E-state index contributed by atoms with van der Waals surface area (Å²) in [6.45, 7) is 0. The van der Waals surface area contributed by atoms with Crippen LogP contribution < -0.4 is 0 Å². The fourth-order valence-corrected chi connectivity index (χ4v) is 8.74. The molecule has 1 nitrogen and oxygen atoms in total. The highest BCUT2D eigenvalue weighted by Gasteiger charge is 2.18. The van der Waals surface area contributed by atoms with Crippen molar-refractivity contribution in [3.63, 3.8) is 0 Å².